The van der Waals surface area contributed by atoms with Gasteiger partial charge in [-0.25, -0.2) is 9.78 Å². The number of fused-ring (bicyclic) bond motifs is 1. The Morgan fingerprint density at radius 2 is 2.21 bits per heavy atom. The molecule has 0 unspecified atom stereocenters. The van der Waals surface area contributed by atoms with Crippen LogP contribution in [0.5, 0.6) is 0 Å². The molecule has 2 N–H and O–H groups in total. The summed E-state index contributed by atoms with van der Waals surface area (Å²) in [7, 11) is 0. The number of pyridine rings is 1. The van der Waals surface area contributed by atoms with Gasteiger partial charge in [-0.15, -0.1) is 0 Å². The number of nitriles is 1. The summed E-state index contributed by atoms with van der Waals surface area (Å²) in [5.41, 5.74) is 0.444. The minimum atomic E-state index is -1.01. The molecule has 2 atom stereocenters. The van der Waals surface area contributed by atoms with Crippen LogP contribution in [-0.4, -0.2) is 27.0 Å². The molecule has 8 heteroatoms. The molecule has 0 aliphatic rings. The van der Waals surface area contributed by atoms with E-state index in [4.69, 9.17) is 0 Å². The first kappa shape index (κ1) is 17.1. The number of hydrogen-bond donors (Lipinski definition) is 2. The number of benzene rings is 1. The summed E-state index contributed by atoms with van der Waals surface area (Å²) in [6.07, 6.45) is 0.662. The van der Waals surface area contributed by atoms with Crippen LogP contribution < -0.4 is 5.32 Å². The second-order valence-electron chi connectivity index (χ2n) is 5.47. The van der Waals surface area contributed by atoms with Gasteiger partial charge in [0.25, 0.3) is 5.69 Å². The fraction of sp³-hybridized carbons (Fsp3) is 0.312. The number of aliphatic carboxylic acids is 1. The highest BCUT2D eigenvalue weighted by Gasteiger charge is 2.24. The molecule has 0 aliphatic heterocycles. The van der Waals surface area contributed by atoms with Gasteiger partial charge >= 0.3 is 5.97 Å². The number of hydrogen-bond acceptors (Lipinski definition) is 6. The topological polar surface area (TPSA) is 129 Å². The van der Waals surface area contributed by atoms with Gasteiger partial charge in [-0.1, -0.05) is 20.3 Å². The van der Waals surface area contributed by atoms with Crippen LogP contribution in [0.2, 0.25) is 0 Å². The molecule has 0 saturated carbocycles. The summed E-state index contributed by atoms with van der Waals surface area (Å²) >= 11 is 0. The number of carbonyl (C=O) groups is 1. The molecule has 0 fully saturated rings. The summed E-state index contributed by atoms with van der Waals surface area (Å²) in [5, 5.41) is 32.7. The van der Waals surface area contributed by atoms with Crippen molar-refractivity contribution in [3.63, 3.8) is 0 Å². The van der Waals surface area contributed by atoms with Crippen LogP contribution in [0, 0.1) is 27.4 Å². The van der Waals surface area contributed by atoms with Gasteiger partial charge in [-0.3, -0.25) is 10.1 Å². The minimum absolute atomic E-state index is 0.135. The van der Waals surface area contributed by atoms with E-state index >= 15 is 0 Å². The highest BCUT2D eigenvalue weighted by molar-refractivity contribution is 5.88. The van der Waals surface area contributed by atoms with Crippen molar-refractivity contribution in [3.05, 3.63) is 39.9 Å². The highest BCUT2D eigenvalue weighted by Crippen LogP contribution is 2.25. The standard InChI is InChI=1S/C16H16N4O4/c1-3-9(2)15(16(21)22)19-14-6-10(8-17)12-7-11(20(23)24)4-5-13(12)18-14/h4-7,9,15H,3H2,1-2H3,(H,18,19)(H,21,22)/t9-,15-/m0/s1. The van der Waals surface area contributed by atoms with Crippen LogP contribution >= 0.6 is 0 Å². The van der Waals surface area contributed by atoms with Gasteiger partial charge in [0.15, 0.2) is 0 Å². The number of carboxylic acid groups (broad SMARTS) is 1. The molecule has 0 bridgehead atoms. The average molecular weight is 328 g/mol. The van der Waals surface area contributed by atoms with Crippen LogP contribution in [0.15, 0.2) is 24.3 Å². The van der Waals surface area contributed by atoms with Crippen LogP contribution in [0.4, 0.5) is 11.5 Å². The van der Waals surface area contributed by atoms with Crippen molar-refractivity contribution in [2.75, 3.05) is 5.32 Å². The number of nitro benzene ring substituents is 1. The van der Waals surface area contributed by atoms with Crippen LogP contribution in [0.1, 0.15) is 25.8 Å². The third-order valence-corrected chi connectivity index (χ3v) is 3.91. The number of nitro groups is 1. The van der Waals surface area contributed by atoms with Gasteiger partial charge in [-0.05, 0) is 18.1 Å². The maximum absolute atomic E-state index is 11.4. The lowest BCUT2D eigenvalue weighted by molar-refractivity contribution is -0.384. The number of aromatic nitrogens is 1. The van der Waals surface area contributed by atoms with E-state index in [0.717, 1.165) is 0 Å². The number of non-ortho nitro benzene ring substituents is 1. The maximum atomic E-state index is 11.4. The van der Waals surface area contributed by atoms with E-state index in [2.05, 4.69) is 10.3 Å². The molecule has 8 nitrogen and oxygen atoms in total. The molecule has 1 aromatic heterocycles. The summed E-state index contributed by atoms with van der Waals surface area (Å²) in [6, 6.07) is 6.56. The molecule has 0 radical (unpaired) electrons. The molecular formula is C16H16N4O4. The van der Waals surface area contributed by atoms with Crippen molar-refractivity contribution >= 4 is 28.4 Å². The zero-order chi connectivity index (χ0) is 17.9. The predicted octanol–water partition coefficient (Wildman–Crippen LogP) is 2.93. The normalized spacial score (nSPS) is 13.0. The Hall–Kier alpha value is -3.21. The molecule has 2 aromatic rings. The lowest BCUT2D eigenvalue weighted by Gasteiger charge is -2.21. The molecule has 24 heavy (non-hydrogen) atoms. The van der Waals surface area contributed by atoms with Gasteiger partial charge in [0.1, 0.15) is 11.9 Å². The van der Waals surface area contributed by atoms with Gasteiger partial charge in [0, 0.05) is 17.5 Å². The zero-order valence-electron chi connectivity index (χ0n) is 13.2. The van der Waals surface area contributed by atoms with Crippen molar-refractivity contribution in [3.8, 4) is 6.07 Å². The van der Waals surface area contributed by atoms with Crippen molar-refractivity contribution in [2.45, 2.75) is 26.3 Å². The summed E-state index contributed by atoms with van der Waals surface area (Å²) in [5.74, 6) is -0.892. The first-order valence-corrected chi connectivity index (χ1v) is 7.36. The monoisotopic (exact) mass is 328 g/mol. The van der Waals surface area contributed by atoms with E-state index in [9.17, 15) is 25.3 Å². The third-order valence-electron chi connectivity index (χ3n) is 3.91. The largest absolute Gasteiger partial charge is 0.480 e. The Bertz CT molecular complexity index is 844. The van der Waals surface area contributed by atoms with Crippen LogP contribution in [-0.2, 0) is 4.79 Å². The molecule has 2 rings (SSSR count). The molecule has 1 aromatic carbocycles. The van der Waals surface area contributed by atoms with Crippen molar-refractivity contribution < 1.29 is 14.8 Å². The Balaban J connectivity index is 2.50. The smallest absolute Gasteiger partial charge is 0.326 e. The number of rotatable bonds is 6. The summed E-state index contributed by atoms with van der Waals surface area (Å²) in [4.78, 5) is 26.0. The summed E-state index contributed by atoms with van der Waals surface area (Å²) in [6.45, 7) is 3.69. The Labute approximate surface area is 137 Å². The quantitative estimate of drug-likeness (QED) is 0.616. The molecule has 0 saturated heterocycles. The first-order chi connectivity index (χ1) is 11.4. The number of anilines is 1. The highest BCUT2D eigenvalue weighted by atomic mass is 16.6. The molecular weight excluding hydrogens is 312 g/mol. The number of nitrogens with zero attached hydrogens (tertiary/aromatic N) is 3. The van der Waals surface area contributed by atoms with E-state index in [1.54, 1.807) is 6.92 Å². The second kappa shape index (κ2) is 6.91. The molecule has 124 valence electrons. The van der Waals surface area contributed by atoms with Crippen molar-refractivity contribution in [2.24, 2.45) is 5.92 Å². The number of carboxylic acids is 1. The fourth-order valence-electron chi connectivity index (χ4n) is 2.34. The van der Waals surface area contributed by atoms with Gasteiger partial charge in [0.05, 0.1) is 22.1 Å². The molecule has 0 amide bonds. The lowest BCUT2D eigenvalue weighted by Crippen LogP contribution is -2.35. The molecule has 1 heterocycles. The van der Waals surface area contributed by atoms with E-state index in [0.29, 0.717) is 17.3 Å². The zero-order valence-corrected chi connectivity index (χ0v) is 13.2. The summed E-state index contributed by atoms with van der Waals surface area (Å²) < 4.78 is 0. The van der Waals surface area contributed by atoms with E-state index in [-0.39, 0.29) is 23.0 Å². The van der Waals surface area contributed by atoms with Crippen molar-refractivity contribution in [1.82, 2.24) is 4.98 Å². The second-order valence-corrected chi connectivity index (χ2v) is 5.47. The van der Waals surface area contributed by atoms with Gasteiger partial charge in [0.2, 0.25) is 0 Å². The fourth-order valence-corrected chi connectivity index (χ4v) is 2.34. The SMILES string of the molecule is CC[C@H](C)[C@H](Nc1cc(C#N)c2cc([N+](=O)[O-])ccc2n1)C(=O)O. The van der Waals surface area contributed by atoms with E-state index in [1.165, 1.54) is 24.3 Å². The lowest BCUT2D eigenvalue weighted by atomic mass is 9.99. The first-order valence-electron chi connectivity index (χ1n) is 7.36. The van der Waals surface area contributed by atoms with E-state index < -0.39 is 16.9 Å². The van der Waals surface area contributed by atoms with Crippen LogP contribution in [0.3, 0.4) is 0 Å². The third kappa shape index (κ3) is 3.41. The van der Waals surface area contributed by atoms with E-state index in [1.807, 2.05) is 13.0 Å². The minimum Gasteiger partial charge on any atom is -0.480 e. The van der Waals surface area contributed by atoms with Crippen LogP contribution in [0.25, 0.3) is 10.9 Å². The molecule has 0 spiro atoms. The maximum Gasteiger partial charge on any atom is 0.326 e. The Morgan fingerprint density at radius 3 is 2.75 bits per heavy atom. The van der Waals surface area contributed by atoms with Gasteiger partial charge in [-0.2, -0.15) is 5.26 Å². The number of nitrogens with one attached hydrogen (secondary N) is 1. The molecule has 0 aliphatic carbocycles. The Kier molecular flexibility index (Phi) is 4.94. The van der Waals surface area contributed by atoms with Crippen molar-refractivity contribution in [1.29, 1.82) is 5.26 Å². The Morgan fingerprint density at radius 1 is 1.50 bits per heavy atom. The predicted molar refractivity (Wildman–Crippen MR) is 87.6 cm³/mol. The average Bonchev–Trinajstić information content (AvgIpc) is 2.57. The van der Waals surface area contributed by atoms with Gasteiger partial charge < -0.3 is 10.4 Å².